The summed E-state index contributed by atoms with van der Waals surface area (Å²) in [5.41, 5.74) is 0.367. The highest BCUT2D eigenvalue weighted by atomic mass is 16.5. The zero-order valence-electron chi connectivity index (χ0n) is 9.99. The van der Waals surface area contributed by atoms with Crippen LogP contribution in [0, 0.1) is 0 Å². The first kappa shape index (κ1) is 13.5. The van der Waals surface area contributed by atoms with Crippen LogP contribution in [0.15, 0.2) is 22.2 Å². The van der Waals surface area contributed by atoms with Crippen molar-refractivity contribution in [3.63, 3.8) is 0 Å². The zero-order chi connectivity index (χ0) is 14.7. The molecule has 2 rings (SSSR count). The van der Waals surface area contributed by atoms with Crippen LogP contribution in [0.5, 0.6) is 0 Å². The summed E-state index contributed by atoms with van der Waals surface area (Å²) in [5, 5.41) is 12.6. The summed E-state index contributed by atoms with van der Waals surface area (Å²) < 4.78 is 0. The number of hydrogen-bond donors (Lipinski definition) is 3. The van der Waals surface area contributed by atoms with E-state index in [-0.39, 0.29) is 24.5 Å². The summed E-state index contributed by atoms with van der Waals surface area (Å²) >= 11 is 0. The summed E-state index contributed by atoms with van der Waals surface area (Å²) in [6.07, 6.45) is 2.33. The van der Waals surface area contributed by atoms with E-state index in [1.54, 1.807) is 0 Å². The summed E-state index contributed by atoms with van der Waals surface area (Å²) in [4.78, 5) is 48.5. The lowest BCUT2D eigenvalue weighted by atomic mass is 10.2. The van der Waals surface area contributed by atoms with Crippen molar-refractivity contribution in [3.8, 4) is 0 Å². The number of pyridine rings is 1. The van der Waals surface area contributed by atoms with Gasteiger partial charge in [0.1, 0.15) is 11.4 Å². The lowest BCUT2D eigenvalue weighted by Crippen LogP contribution is -2.31. The van der Waals surface area contributed by atoms with Crippen molar-refractivity contribution in [2.24, 2.45) is 5.10 Å². The van der Waals surface area contributed by atoms with Gasteiger partial charge in [0, 0.05) is 18.8 Å². The number of nitrogens with one attached hydrogen (secondary N) is 2. The standard InChI is InChI=1S/C10H9N5O5/c16-5-12-15-2-1-14(10(15)19)8-3-7(17)6(4-11-8)9(18)13-20/h3-4,20H,1-2H2,(H,11,17)(H,13,18). The molecule has 0 aromatic carbocycles. The predicted molar refractivity (Wildman–Crippen MR) is 63.9 cm³/mol. The number of isocyanates is 1. The third kappa shape index (κ3) is 2.28. The van der Waals surface area contributed by atoms with Crippen molar-refractivity contribution in [1.29, 1.82) is 0 Å². The van der Waals surface area contributed by atoms with Gasteiger partial charge in [0.15, 0.2) is 5.43 Å². The molecular formula is C10H9N5O5. The van der Waals surface area contributed by atoms with E-state index in [2.05, 4.69) is 10.1 Å². The maximum absolute atomic E-state index is 11.8. The summed E-state index contributed by atoms with van der Waals surface area (Å²) in [6.45, 7) is 0.389. The highest BCUT2D eigenvalue weighted by Crippen LogP contribution is 2.16. The van der Waals surface area contributed by atoms with Gasteiger partial charge in [0.25, 0.3) is 12.0 Å². The number of hydroxylamine groups is 1. The van der Waals surface area contributed by atoms with Crippen LogP contribution in [0.2, 0.25) is 0 Å². The summed E-state index contributed by atoms with van der Waals surface area (Å²) in [6, 6.07) is 0.444. The van der Waals surface area contributed by atoms with Gasteiger partial charge in [0.05, 0.1) is 6.54 Å². The molecule has 1 saturated heterocycles. The van der Waals surface area contributed by atoms with Crippen LogP contribution in [0.3, 0.4) is 0 Å². The Kier molecular flexibility index (Phi) is 3.60. The largest absolute Gasteiger partial charge is 0.347 e. The second-order valence-corrected chi connectivity index (χ2v) is 3.79. The highest BCUT2D eigenvalue weighted by molar-refractivity contribution is 5.95. The second kappa shape index (κ2) is 5.34. The molecule has 1 aromatic heterocycles. The van der Waals surface area contributed by atoms with Gasteiger partial charge in [-0.3, -0.25) is 19.7 Å². The minimum Gasteiger partial charge on any atom is -0.347 e. The highest BCUT2D eigenvalue weighted by Gasteiger charge is 2.30. The third-order valence-electron chi connectivity index (χ3n) is 2.68. The summed E-state index contributed by atoms with van der Waals surface area (Å²) in [5.74, 6) is -0.809. The number of rotatable bonds is 3. The third-order valence-corrected chi connectivity index (χ3v) is 2.68. The van der Waals surface area contributed by atoms with Gasteiger partial charge in [-0.05, 0) is 0 Å². The Morgan fingerprint density at radius 3 is 2.80 bits per heavy atom. The fourth-order valence-electron chi connectivity index (χ4n) is 1.75. The van der Waals surface area contributed by atoms with E-state index in [9.17, 15) is 19.2 Å². The van der Waals surface area contributed by atoms with Gasteiger partial charge in [-0.15, -0.1) is 0 Å². The van der Waals surface area contributed by atoms with Crippen LogP contribution >= 0.6 is 0 Å². The first-order valence-electron chi connectivity index (χ1n) is 5.42. The van der Waals surface area contributed by atoms with E-state index in [0.717, 1.165) is 17.3 Å². The van der Waals surface area contributed by atoms with E-state index in [0.29, 0.717) is 0 Å². The molecule has 10 nitrogen and oxygen atoms in total. The fraction of sp³-hybridized carbons (Fsp3) is 0.200. The monoisotopic (exact) mass is 279 g/mol. The molecule has 20 heavy (non-hydrogen) atoms. The molecule has 0 saturated carbocycles. The molecule has 0 atom stereocenters. The van der Waals surface area contributed by atoms with Crippen molar-refractivity contribution in [3.05, 3.63) is 28.0 Å². The van der Waals surface area contributed by atoms with Gasteiger partial charge < -0.3 is 4.98 Å². The molecule has 0 radical (unpaired) electrons. The normalized spacial score (nSPS) is 14.2. The van der Waals surface area contributed by atoms with Crippen molar-refractivity contribution in [2.75, 3.05) is 18.0 Å². The van der Waals surface area contributed by atoms with Crippen molar-refractivity contribution in [2.45, 2.75) is 0 Å². The molecule has 1 fully saturated rings. The molecule has 1 aliphatic rings. The van der Waals surface area contributed by atoms with Crippen LogP contribution in [0.1, 0.15) is 10.4 Å². The molecule has 1 aromatic rings. The quantitative estimate of drug-likeness (QED) is 0.282. The first-order chi connectivity index (χ1) is 9.58. The minimum atomic E-state index is -0.960. The smallest absolute Gasteiger partial charge is 0.346 e. The number of anilines is 1. The van der Waals surface area contributed by atoms with Crippen LogP contribution in [0.4, 0.5) is 10.6 Å². The molecule has 2 heterocycles. The molecule has 104 valence electrons. The van der Waals surface area contributed by atoms with Crippen LogP contribution in [0.25, 0.3) is 0 Å². The van der Waals surface area contributed by atoms with Gasteiger partial charge in [0.2, 0.25) is 0 Å². The van der Waals surface area contributed by atoms with Gasteiger partial charge in [-0.25, -0.2) is 20.1 Å². The Morgan fingerprint density at radius 2 is 2.20 bits per heavy atom. The average Bonchev–Trinajstić information content (AvgIpc) is 2.80. The topological polar surface area (TPSA) is 135 Å². The molecule has 3 amide bonds. The Labute approximate surface area is 111 Å². The first-order valence-corrected chi connectivity index (χ1v) is 5.42. The van der Waals surface area contributed by atoms with Gasteiger partial charge in [-0.1, -0.05) is 5.10 Å². The molecule has 0 spiro atoms. The number of hydrogen-bond acceptors (Lipinski definition) is 6. The minimum absolute atomic E-state index is 0.151. The molecule has 0 unspecified atom stereocenters. The van der Waals surface area contributed by atoms with E-state index >= 15 is 0 Å². The number of aromatic amines is 1. The maximum atomic E-state index is 11.8. The predicted octanol–water partition coefficient (Wildman–Crippen LogP) is -1.01. The second-order valence-electron chi connectivity index (χ2n) is 3.79. The Balaban J connectivity index is 2.30. The van der Waals surface area contributed by atoms with Crippen molar-refractivity contribution >= 4 is 23.8 Å². The molecular weight excluding hydrogens is 270 g/mol. The van der Waals surface area contributed by atoms with E-state index in [1.807, 2.05) is 0 Å². The number of hydrazone groups is 1. The SMILES string of the molecule is O=C=NN1CCN(c2cc(=O)c(C(=O)NO)c[nH]2)C1=O. The number of carbonyl (C=O) groups excluding carboxylic acids is 3. The van der Waals surface area contributed by atoms with Crippen LogP contribution in [-0.2, 0) is 4.79 Å². The van der Waals surface area contributed by atoms with Gasteiger partial charge in [-0.2, -0.15) is 0 Å². The number of carbonyl (C=O) groups is 2. The van der Waals surface area contributed by atoms with Crippen molar-refractivity contribution in [1.82, 2.24) is 15.5 Å². The van der Waals surface area contributed by atoms with E-state index < -0.39 is 17.4 Å². The van der Waals surface area contributed by atoms with E-state index in [4.69, 9.17) is 5.21 Å². The van der Waals surface area contributed by atoms with Gasteiger partial charge >= 0.3 is 6.03 Å². The van der Waals surface area contributed by atoms with Crippen molar-refractivity contribution < 1.29 is 19.6 Å². The number of amides is 3. The number of urea groups is 1. The summed E-state index contributed by atoms with van der Waals surface area (Å²) in [7, 11) is 0. The van der Waals surface area contributed by atoms with Crippen LogP contribution in [-0.4, -0.2) is 46.3 Å². The number of nitrogens with zero attached hydrogens (tertiary/aromatic N) is 3. The maximum Gasteiger partial charge on any atom is 0.346 e. The Bertz CT molecular complexity index is 662. The average molecular weight is 279 g/mol. The zero-order valence-corrected chi connectivity index (χ0v) is 9.99. The van der Waals surface area contributed by atoms with Crippen LogP contribution < -0.4 is 15.8 Å². The Hall–Kier alpha value is -2.97. The molecule has 0 bridgehead atoms. The number of aromatic nitrogens is 1. The Morgan fingerprint density at radius 1 is 1.45 bits per heavy atom. The molecule has 0 aliphatic carbocycles. The lowest BCUT2D eigenvalue weighted by molar-refractivity contribution is 0.0704. The lowest BCUT2D eigenvalue weighted by Gasteiger charge is -2.14. The number of H-pyrrole nitrogens is 1. The molecule has 3 N–H and O–H groups in total. The fourth-order valence-corrected chi connectivity index (χ4v) is 1.75. The molecule has 10 heteroatoms. The molecule has 1 aliphatic heterocycles. The van der Waals surface area contributed by atoms with E-state index in [1.165, 1.54) is 16.5 Å².